The highest BCUT2D eigenvalue weighted by atomic mass is 19.1. The number of aryl methyl sites for hydroxylation is 1. The van der Waals surface area contributed by atoms with Gasteiger partial charge in [0.15, 0.2) is 5.82 Å². The van der Waals surface area contributed by atoms with Crippen LogP contribution in [0.4, 0.5) is 4.39 Å². The van der Waals surface area contributed by atoms with E-state index in [2.05, 4.69) is 33.5 Å². The van der Waals surface area contributed by atoms with Crippen LogP contribution in [0.2, 0.25) is 0 Å². The molecule has 0 amide bonds. The SMILES string of the molecule is CC(=O)OCCC#Cc1nc(-c2ccc(F)cc2)c(-c2ccncc2)n1CCCc1ccccc1. The van der Waals surface area contributed by atoms with Crippen LogP contribution in [0.5, 0.6) is 0 Å². The minimum absolute atomic E-state index is 0.235. The average molecular weight is 468 g/mol. The fourth-order valence-corrected chi connectivity index (χ4v) is 3.85. The van der Waals surface area contributed by atoms with Crippen molar-refractivity contribution in [2.24, 2.45) is 0 Å². The lowest BCUT2D eigenvalue weighted by Crippen LogP contribution is -2.05. The highest BCUT2D eigenvalue weighted by Crippen LogP contribution is 2.33. The summed E-state index contributed by atoms with van der Waals surface area (Å²) in [6.45, 7) is 2.32. The minimum Gasteiger partial charge on any atom is -0.465 e. The highest BCUT2D eigenvalue weighted by Gasteiger charge is 2.19. The predicted octanol–water partition coefficient (Wildman–Crippen LogP) is 5.69. The standard InChI is InChI=1S/C29H26FN3O2/c1-22(34)35-21-6-5-11-27-32-28(24-12-14-26(30)15-13-24)29(25-16-18-31-19-17-25)33(27)20-7-10-23-8-3-2-4-9-23/h2-4,8-9,12-19H,6-7,10,20-21H2,1H3. The Labute approximate surface area is 204 Å². The van der Waals surface area contributed by atoms with E-state index < -0.39 is 0 Å². The first-order valence-electron chi connectivity index (χ1n) is 11.5. The molecule has 2 heterocycles. The molecule has 2 aromatic carbocycles. The second-order valence-electron chi connectivity index (χ2n) is 8.01. The third-order valence-corrected chi connectivity index (χ3v) is 5.46. The fourth-order valence-electron chi connectivity index (χ4n) is 3.85. The van der Waals surface area contributed by atoms with Crippen LogP contribution < -0.4 is 0 Å². The normalized spacial score (nSPS) is 10.5. The average Bonchev–Trinajstić information content (AvgIpc) is 3.23. The molecule has 35 heavy (non-hydrogen) atoms. The quantitative estimate of drug-likeness (QED) is 0.190. The van der Waals surface area contributed by atoms with Gasteiger partial charge in [0, 0.05) is 43.4 Å². The second-order valence-corrected chi connectivity index (χ2v) is 8.01. The number of carbonyl (C=O) groups excluding carboxylic acids is 1. The van der Waals surface area contributed by atoms with E-state index in [9.17, 15) is 9.18 Å². The predicted molar refractivity (Wildman–Crippen MR) is 134 cm³/mol. The van der Waals surface area contributed by atoms with Crippen molar-refractivity contribution in [2.45, 2.75) is 32.7 Å². The van der Waals surface area contributed by atoms with Gasteiger partial charge < -0.3 is 9.30 Å². The van der Waals surface area contributed by atoms with Crippen LogP contribution in [-0.2, 0) is 22.5 Å². The molecule has 4 rings (SSSR count). The zero-order chi connectivity index (χ0) is 24.5. The number of rotatable bonds is 8. The lowest BCUT2D eigenvalue weighted by Gasteiger charge is -2.12. The lowest BCUT2D eigenvalue weighted by atomic mass is 10.1. The topological polar surface area (TPSA) is 57.0 Å². The molecule has 0 spiro atoms. The molecule has 0 saturated heterocycles. The van der Waals surface area contributed by atoms with Crippen molar-refractivity contribution in [1.82, 2.24) is 14.5 Å². The van der Waals surface area contributed by atoms with Gasteiger partial charge in [0.1, 0.15) is 12.4 Å². The second kappa shape index (κ2) is 11.8. The number of halogens is 1. The molecule has 0 aliphatic rings. The Morgan fingerprint density at radius 3 is 2.46 bits per heavy atom. The van der Waals surface area contributed by atoms with E-state index in [0.29, 0.717) is 18.8 Å². The first kappa shape index (κ1) is 23.9. The number of carbonyl (C=O) groups is 1. The van der Waals surface area contributed by atoms with E-state index in [0.717, 1.165) is 35.4 Å². The number of hydrogen-bond donors (Lipinski definition) is 0. The highest BCUT2D eigenvalue weighted by molar-refractivity contribution is 5.79. The Hall–Kier alpha value is -4.24. The summed E-state index contributed by atoms with van der Waals surface area (Å²) in [7, 11) is 0. The van der Waals surface area contributed by atoms with Crippen molar-refractivity contribution in [3.63, 3.8) is 0 Å². The maximum atomic E-state index is 13.6. The maximum Gasteiger partial charge on any atom is 0.302 e. The summed E-state index contributed by atoms with van der Waals surface area (Å²) in [5, 5.41) is 0. The van der Waals surface area contributed by atoms with Gasteiger partial charge in [-0.05, 0) is 60.7 Å². The molecule has 0 N–H and O–H groups in total. The van der Waals surface area contributed by atoms with Crippen molar-refractivity contribution in [3.8, 4) is 34.4 Å². The third-order valence-electron chi connectivity index (χ3n) is 5.46. The van der Waals surface area contributed by atoms with E-state index in [4.69, 9.17) is 9.72 Å². The number of benzene rings is 2. The van der Waals surface area contributed by atoms with Crippen LogP contribution in [0.15, 0.2) is 79.1 Å². The smallest absolute Gasteiger partial charge is 0.302 e. The molecule has 0 aliphatic carbocycles. The minimum atomic E-state index is -0.326. The summed E-state index contributed by atoms with van der Waals surface area (Å²) >= 11 is 0. The van der Waals surface area contributed by atoms with Gasteiger partial charge in [0.25, 0.3) is 0 Å². The van der Waals surface area contributed by atoms with E-state index in [1.807, 2.05) is 30.3 Å². The van der Waals surface area contributed by atoms with Gasteiger partial charge >= 0.3 is 5.97 Å². The van der Waals surface area contributed by atoms with Crippen molar-refractivity contribution < 1.29 is 13.9 Å². The molecule has 4 aromatic rings. The molecule has 6 heteroatoms. The van der Waals surface area contributed by atoms with Gasteiger partial charge in [-0.15, -0.1) is 0 Å². The monoisotopic (exact) mass is 467 g/mol. The molecule has 2 aromatic heterocycles. The Bertz CT molecular complexity index is 1320. The van der Waals surface area contributed by atoms with Crippen LogP contribution >= 0.6 is 0 Å². The molecule has 5 nitrogen and oxygen atoms in total. The Balaban J connectivity index is 1.73. The van der Waals surface area contributed by atoms with Crippen molar-refractivity contribution in [3.05, 3.63) is 96.3 Å². The van der Waals surface area contributed by atoms with E-state index in [1.165, 1.54) is 24.6 Å². The molecule has 0 radical (unpaired) electrons. The van der Waals surface area contributed by atoms with E-state index in [1.54, 1.807) is 24.5 Å². The molecular weight excluding hydrogens is 441 g/mol. The molecule has 176 valence electrons. The van der Waals surface area contributed by atoms with Gasteiger partial charge in [0.2, 0.25) is 0 Å². The van der Waals surface area contributed by atoms with Gasteiger partial charge in [-0.2, -0.15) is 0 Å². The van der Waals surface area contributed by atoms with Crippen LogP contribution in [0.3, 0.4) is 0 Å². The number of hydrogen-bond acceptors (Lipinski definition) is 4. The molecule has 0 saturated carbocycles. The zero-order valence-corrected chi connectivity index (χ0v) is 19.6. The third kappa shape index (κ3) is 6.42. The van der Waals surface area contributed by atoms with Crippen LogP contribution in [-0.4, -0.2) is 27.1 Å². The van der Waals surface area contributed by atoms with Crippen LogP contribution in [0, 0.1) is 17.7 Å². The van der Waals surface area contributed by atoms with Gasteiger partial charge in [-0.1, -0.05) is 36.3 Å². The molecule has 0 unspecified atom stereocenters. The summed E-state index contributed by atoms with van der Waals surface area (Å²) in [6.07, 6.45) is 5.71. The summed E-state index contributed by atoms with van der Waals surface area (Å²) < 4.78 is 20.8. The molecule has 0 bridgehead atoms. The lowest BCUT2D eigenvalue weighted by molar-refractivity contribution is -0.140. The van der Waals surface area contributed by atoms with Gasteiger partial charge in [0.05, 0.1) is 11.4 Å². The maximum absolute atomic E-state index is 13.6. The number of esters is 1. The van der Waals surface area contributed by atoms with E-state index >= 15 is 0 Å². The summed E-state index contributed by atoms with van der Waals surface area (Å²) in [6, 6.07) is 20.6. The van der Waals surface area contributed by atoms with Crippen LogP contribution in [0.25, 0.3) is 22.5 Å². The fraction of sp³-hybridized carbons (Fsp3) is 0.207. The summed E-state index contributed by atoms with van der Waals surface area (Å²) in [5.41, 5.74) is 4.69. The van der Waals surface area contributed by atoms with Crippen molar-refractivity contribution in [2.75, 3.05) is 6.61 Å². The Morgan fingerprint density at radius 2 is 1.74 bits per heavy atom. The van der Waals surface area contributed by atoms with E-state index in [-0.39, 0.29) is 18.4 Å². The molecule has 0 fully saturated rings. The van der Waals surface area contributed by atoms with Gasteiger partial charge in [-0.25, -0.2) is 9.37 Å². The molecule has 0 atom stereocenters. The largest absolute Gasteiger partial charge is 0.465 e. The number of pyridine rings is 1. The number of imidazole rings is 1. The number of ether oxygens (including phenoxy) is 1. The zero-order valence-electron chi connectivity index (χ0n) is 19.6. The first-order valence-corrected chi connectivity index (χ1v) is 11.5. The Kier molecular flexibility index (Phi) is 8.03. The summed E-state index contributed by atoms with van der Waals surface area (Å²) in [4.78, 5) is 20.1. The molecule has 0 aliphatic heterocycles. The molecular formula is C29H26FN3O2. The number of nitrogens with zero attached hydrogens (tertiary/aromatic N) is 3. The van der Waals surface area contributed by atoms with Gasteiger partial charge in [-0.3, -0.25) is 9.78 Å². The first-order chi connectivity index (χ1) is 17.1. The Morgan fingerprint density at radius 1 is 1.00 bits per heavy atom. The summed E-state index contributed by atoms with van der Waals surface area (Å²) in [5.74, 6) is 6.24. The van der Waals surface area contributed by atoms with Crippen molar-refractivity contribution in [1.29, 1.82) is 0 Å². The number of aromatic nitrogens is 3. The van der Waals surface area contributed by atoms with Crippen LogP contribution in [0.1, 0.15) is 31.2 Å². The van der Waals surface area contributed by atoms with Crippen molar-refractivity contribution >= 4 is 5.97 Å².